The van der Waals surface area contributed by atoms with Crippen LogP contribution in [0.4, 0.5) is 5.69 Å². The minimum absolute atomic E-state index is 0.0365. The molecule has 0 spiro atoms. The monoisotopic (exact) mass is 510 g/mol. The Kier molecular flexibility index (Phi) is 7.57. The van der Waals surface area contributed by atoms with E-state index in [1.807, 2.05) is 42.7 Å². The molecule has 1 heterocycles. The molecule has 0 saturated heterocycles. The van der Waals surface area contributed by atoms with Gasteiger partial charge in [-0.2, -0.15) is 0 Å². The van der Waals surface area contributed by atoms with E-state index in [1.165, 1.54) is 30.0 Å². The van der Waals surface area contributed by atoms with Gasteiger partial charge in [0, 0.05) is 6.54 Å². The summed E-state index contributed by atoms with van der Waals surface area (Å²) in [7, 11) is 0. The lowest BCUT2D eigenvalue weighted by Crippen LogP contribution is -2.15. The third-order valence-corrected chi connectivity index (χ3v) is 6.73. The number of hydrogen-bond donors (Lipinski definition) is 2. The molecule has 0 aliphatic carbocycles. The van der Waals surface area contributed by atoms with Gasteiger partial charge in [-0.3, -0.25) is 4.79 Å². The molecule has 0 saturated carbocycles. The van der Waals surface area contributed by atoms with Gasteiger partial charge in [0.1, 0.15) is 12.4 Å². The number of aromatic carboxylic acids is 1. The minimum atomic E-state index is -1.10. The summed E-state index contributed by atoms with van der Waals surface area (Å²) in [5.74, 6) is 0.0469. The highest BCUT2D eigenvalue weighted by molar-refractivity contribution is 7.99. The number of aryl methyl sites for hydroxylation is 1. The molecule has 1 amide bonds. The first-order valence-corrected chi connectivity index (χ1v) is 12.2. The Morgan fingerprint density at radius 2 is 1.94 bits per heavy atom. The lowest BCUT2D eigenvalue weighted by Gasteiger charge is -2.12. The van der Waals surface area contributed by atoms with Gasteiger partial charge in [0.05, 0.1) is 22.0 Å². The Labute approximate surface area is 211 Å². The third-order valence-electron chi connectivity index (χ3n) is 5.43. The van der Waals surface area contributed by atoms with Crippen molar-refractivity contribution in [1.82, 2.24) is 14.8 Å². The van der Waals surface area contributed by atoms with Crippen LogP contribution in [0.3, 0.4) is 0 Å². The van der Waals surface area contributed by atoms with Crippen molar-refractivity contribution in [3.8, 4) is 5.75 Å². The maximum absolute atomic E-state index is 12.5. The number of carboxylic acids is 1. The summed E-state index contributed by atoms with van der Waals surface area (Å²) in [5, 5.41) is 23.4. The number of carbonyl (C=O) groups is 2. The fourth-order valence-electron chi connectivity index (χ4n) is 3.63. The first-order chi connectivity index (χ1) is 16.9. The molecule has 4 rings (SSSR count). The first kappa shape index (κ1) is 24.6. The number of amides is 1. The third kappa shape index (κ3) is 5.58. The summed E-state index contributed by atoms with van der Waals surface area (Å²) in [6.07, 6.45) is 0. The maximum Gasteiger partial charge on any atom is 0.335 e. The van der Waals surface area contributed by atoms with E-state index < -0.39 is 5.97 Å². The van der Waals surface area contributed by atoms with Crippen molar-refractivity contribution >= 4 is 51.7 Å². The molecule has 1 aromatic heterocycles. The predicted molar refractivity (Wildman–Crippen MR) is 136 cm³/mol. The molecule has 0 aliphatic heterocycles. The number of anilines is 1. The van der Waals surface area contributed by atoms with Crippen molar-refractivity contribution in [2.75, 3.05) is 11.1 Å². The van der Waals surface area contributed by atoms with Crippen LogP contribution in [-0.2, 0) is 17.9 Å². The van der Waals surface area contributed by atoms with E-state index in [2.05, 4.69) is 27.6 Å². The van der Waals surface area contributed by atoms with Crippen LogP contribution in [0.25, 0.3) is 10.8 Å². The summed E-state index contributed by atoms with van der Waals surface area (Å²) < 4.78 is 7.96. The highest BCUT2D eigenvalue weighted by atomic mass is 35.5. The van der Waals surface area contributed by atoms with Crippen molar-refractivity contribution in [1.29, 1.82) is 0 Å². The van der Waals surface area contributed by atoms with E-state index in [1.54, 1.807) is 0 Å². The maximum atomic E-state index is 12.5. The molecule has 0 bridgehead atoms. The number of fused-ring (bicyclic) bond motifs is 1. The second-order valence-corrected chi connectivity index (χ2v) is 9.03. The van der Waals surface area contributed by atoms with Gasteiger partial charge in [-0.25, -0.2) is 4.79 Å². The first-order valence-electron chi connectivity index (χ1n) is 10.9. The number of ether oxygens (including phenoxy) is 1. The average Bonchev–Trinajstić information content (AvgIpc) is 3.25. The van der Waals surface area contributed by atoms with Crippen LogP contribution in [0.1, 0.15) is 28.7 Å². The Morgan fingerprint density at radius 3 is 2.71 bits per heavy atom. The van der Waals surface area contributed by atoms with E-state index in [0.717, 1.165) is 22.1 Å². The topological polar surface area (TPSA) is 106 Å². The fraction of sp³-hybridized carbons (Fsp3) is 0.200. The number of thioether (sulfide) groups is 1. The molecule has 3 aromatic carbocycles. The molecule has 35 heavy (non-hydrogen) atoms. The normalized spacial score (nSPS) is 10.9. The number of aromatic nitrogens is 3. The van der Waals surface area contributed by atoms with Crippen LogP contribution in [0.15, 0.2) is 59.8 Å². The van der Waals surface area contributed by atoms with Crippen molar-refractivity contribution in [3.63, 3.8) is 0 Å². The molecular weight excluding hydrogens is 488 g/mol. The zero-order valence-electron chi connectivity index (χ0n) is 19.1. The molecule has 0 aliphatic rings. The van der Waals surface area contributed by atoms with E-state index in [9.17, 15) is 9.59 Å². The van der Waals surface area contributed by atoms with Crippen LogP contribution in [0.5, 0.6) is 5.75 Å². The molecule has 4 aromatic rings. The van der Waals surface area contributed by atoms with Crippen LogP contribution in [-0.4, -0.2) is 37.5 Å². The van der Waals surface area contributed by atoms with Crippen molar-refractivity contribution in [3.05, 3.63) is 76.6 Å². The second-order valence-electron chi connectivity index (χ2n) is 7.68. The summed E-state index contributed by atoms with van der Waals surface area (Å²) >= 11 is 7.31. The average molecular weight is 511 g/mol. The number of nitrogens with one attached hydrogen (secondary N) is 1. The SMILES string of the molecule is CCn1c(COc2ccc3ccccc3c2C)nnc1SCC(=O)Nc1cc(C(=O)O)ccc1Cl. The Bertz CT molecular complexity index is 1410. The van der Waals surface area contributed by atoms with E-state index in [4.69, 9.17) is 21.4 Å². The lowest BCUT2D eigenvalue weighted by atomic mass is 10.0. The number of carbonyl (C=O) groups excluding carboxylic acids is 1. The number of hydrogen-bond acceptors (Lipinski definition) is 6. The second kappa shape index (κ2) is 10.8. The van der Waals surface area contributed by atoms with Gasteiger partial charge in [-0.15, -0.1) is 10.2 Å². The molecule has 180 valence electrons. The predicted octanol–water partition coefficient (Wildman–Crippen LogP) is 5.42. The molecule has 0 fully saturated rings. The summed E-state index contributed by atoms with van der Waals surface area (Å²) in [5.41, 5.74) is 1.34. The highest BCUT2D eigenvalue weighted by Crippen LogP contribution is 2.28. The Hall–Kier alpha value is -3.56. The Balaban J connectivity index is 1.40. The van der Waals surface area contributed by atoms with Gasteiger partial charge in [0.15, 0.2) is 11.0 Å². The molecule has 0 radical (unpaired) electrons. The molecule has 10 heteroatoms. The quantitative estimate of drug-likeness (QED) is 0.289. The summed E-state index contributed by atoms with van der Waals surface area (Å²) in [4.78, 5) is 23.6. The zero-order chi connectivity index (χ0) is 24.9. The van der Waals surface area contributed by atoms with Crippen molar-refractivity contribution in [2.45, 2.75) is 32.2 Å². The van der Waals surface area contributed by atoms with Gasteiger partial charge >= 0.3 is 5.97 Å². The molecule has 0 unspecified atom stereocenters. The van der Waals surface area contributed by atoms with E-state index in [-0.39, 0.29) is 34.5 Å². The summed E-state index contributed by atoms with van der Waals surface area (Å²) in [6.45, 7) is 4.85. The van der Waals surface area contributed by atoms with Crippen LogP contribution < -0.4 is 10.1 Å². The van der Waals surface area contributed by atoms with Gasteiger partial charge in [-0.1, -0.05) is 53.7 Å². The van der Waals surface area contributed by atoms with E-state index >= 15 is 0 Å². The van der Waals surface area contributed by atoms with Gasteiger partial charge in [0.25, 0.3) is 0 Å². The van der Waals surface area contributed by atoms with Crippen LogP contribution >= 0.6 is 23.4 Å². The van der Waals surface area contributed by atoms with Crippen LogP contribution in [0.2, 0.25) is 5.02 Å². The zero-order valence-corrected chi connectivity index (χ0v) is 20.7. The highest BCUT2D eigenvalue weighted by Gasteiger charge is 2.16. The Morgan fingerprint density at radius 1 is 1.14 bits per heavy atom. The lowest BCUT2D eigenvalue weighted by molar-refractivity contribution is -0.113. The van der Waals surface area contributed by atoms with Crippen LogP contribution in [0, 0.1) is 6.92 Å². The number of rotatable bonds is 9. The van der Waals surface area contributed by atoms with Crippen molar-refractivity contribution in [2.24, 2.45) is 0 Å². The van der Waals surface area contributed by atoms with Gasteiger partial charge in [-0.05, 0) is 54.4 Å². The van der Waals surface area contributed by atoms with E-state index in [0.29, 0.717) is 17.5 Å². The fourth-order valence-corrected chi connectivity index (χ4v) is 4.61. The molecular formula is C25H23ClN4O4S. The van der Waals surface area contributed by atoms with Gasteiger partial charge in [0.2, 0.25) is 5.91 Å². The van der Waals surface area contributed by atoms with Crippen molar-refractivity contribution < 1.29 is 19.4 Å². The molecule has 0 atom stereocenters. The van der Waals surface area contributed by atoms with Gasteiger partial charge < -0.3 is 19.7 Å². The number of benzene rings is 3. The largest absolute Gasteiger partial charge is 0.485 e. The number of nitrogens with zero attached hydrogens (tertiary/aromatic N) is 3. The molecule has 2 N–H and O–H groups in total. The standard InChI is InChI=1S/C25H23ClN4O4S/c1-3-30-22(13-34-21-11-9-16-6-4-5-7-18(16)15(21)2)28-29-25(30)35-14-23(31)27-20-12-17(24(32)33)8-10-19(20)26/h4-12H,3,13-14H2,1-2H3,(H,27,31)(H,32,33). The number of halogens is 1. The smallest absolute Gasteiger partial charge is 0.335 e. The molecule has 8 nitrogen and oxygen atoms in total. The summed E-state index contributed by atoms with van der Waals surface area (Å²) in [6, 6.07) is 16.3. The minimum Gasteiger partial charge on any atom is -0.485 e. The number of carboxylic acid groups (broad SMARTS) is 1.